The van der Waals surface area contributed by atoms with Crippen molar-refractivity contribution < 1.29 is 0 Å². The lowest BCUT2D eigenvalue weighted by molar-refractivity contribution is 0.336. The number of nitrogens with two attached hydrogens (primary N) is 1. The lowest BCUT2D eigenvalue weighted by Crippen LogP contribution is -2.34. The van der Waals surface area contributed by atoms with Gasteiger partial charge in [0.2, 0.25) is 0 Å². The molecule has 1 aliphatic carbocycles. The van der Waals surface area contributed by atoms with Crippen molar-refractivity contribution in [3.63, 3.8) is 0 Å². The highest BCUT2D eigenvalue weighted by atomic mass is 15.3. The summed E-state index contributed by atoms with van der Waals surface area (Å²) in [6, 6.07) is 2.66. The van der Waals surface area contributed by atoms with E-state index in [0.29, 0.717) is 6.04 Å². The number of rotatable bonds is 3. The maximum absolute atomic E-state index is 6.18. The summed E-state index contributed by atoms with van der Waals surface area (Å²) < 4.78 is 2.19. The van der Waals surface area contributed by atoms with Gasteiger partial charge in [0, 0.05) is 30.4 Å². The molecule has 4 nitrogen and oxygen atoms in total. The molecule has 1 aromatic rings. The van der Waals surface area contributed by atoms with Crippen LogP contribution in [0.1, 0.15) is 37.4 Å². The fraction of sp³-hybridized carbons (Fsp3) is 0.750. The Morgan fingerprint density at radius 3 is 3.12 bits per heavy atom. The van der Waals surface area contributed by atoms with Crippen LogP contribution in [0.5, 0.6) is 0 Å². The SMILES string of the molecule is NC1(Cc2ccnn2C2CCCNC2)CC1. The Morgan fingerprint density at radius 2 is 2.44 bits per heavy atom. The first-order valence-corrected chi connectivity index (χ1v) is 6.29. The summed E-state index contributed by atoms with van der Waals surface area (Å²) in [6.45, 7) is 2.19. The van der Waals surface area contributed by atoms with Gasteiger partial charge in [0.15, 0.2) is 0 Å². The molecule has 0 amide bonds. The van der Waals surface area contributed by atoms with Gasteiger partial charge in [0.25, 0.3) is 0 Å². The molecule has 16 heavy (non-hydrogen) atoms. The first-order valence-electron chi connectivity index (χ1n) is 6.29. The number of nitrogens with zero attached hydrogens (tertiary/aromatic N) is 2. The molecule has 4 heteroatoms. The first-order chi connectivity index (χ1) is 7.77. The Labute approximate surface area is 96.2 Å². The van der Waals surface area contributed by atoms with Gasteiger partial charge in [-0.25, -0.2) is 0 Å². The third-order valence-electron chi connectivity index (χ3n) is 3.79. The number of nitrogens with one attached hydrogen (secondary N) is 1. The van der Waals surface area contributed by atoms with Gasteiger partial charge in [-0.05, 0) is 38.3 Å². The van der Waals surface area contributed by atoms with Gasteiger partial charge in [0.05, 0.1) is 6.04 Å². The third kappa shape index (κ3) is 1.99. The predicted octanol–water partition coefficient (Wildman–Crippen LogP) is 0.841. The van der Waals surface area contributed by atoms with E-state index >= 15 is 0 Å². The van der Waals surface area contributed by atoms with E-state index in [1.807, 2.05) is 6.20 Å². The van der Waals surface area contributed by atoms with Crippen LogP contribution in [0.4, 0.5) is 0 Å². The van der Waals surface area contributed by atoms with E-state index in [1.165, 1.54) is 31.4 Å². The van der Waals surface area contributed by atoms with E-state index < -0.39 is 0 Å². The Balaban J connectivity index is 1.75. The standard InChI is InChI=1S/C12H20N4/c13-12(4-5-12)8-10-3-7-15-16(10)11-2-1-6-14-9-11/h3,7,11,14H,1-2,4-6,8-9,13H2. The van der Waals surface area contributed by atoms with Crippen LogP contribution in [-0.4, -0.2) is 28.4 Å². The Hall–Kier alpha value is -0.870. The van der Waals surface area contributed by atoms with Gasteiger partial charge in [-0.1, -0.05) is 0 Å². The van der Waals surface area contributed by atoms with Crippen molar-refractivity contribution in [3.8, 4) is 0 Å². The van der Waals surface area contributed by atoms with Crippen LogP contribution in [0, 0.1) is 0 Å². The molecule has 1 saturated heterocycles. The van der Waals surface area contributed by atoms with Crippen LogP contribution in [0.15, 0.2) is 12.3 Å². The zero-order valence-corrected chi connectivity index (χ0v) is 9.65. The average Bonchev–Trinajstić information content (AvgIpc) is 2.86. The highest BCUT2D eigenvalue weighted by Crippen LogP contribution is 2.36. The van der Waals surface area contributed by atoms with Gasteiger partial charge in [-0.15, -0.1) is 0 Å². The van der Waals surface area contributed by atoms with Gasteiger partial charge in [-0.3, -0.25) is 4.68 Å². The maximum Gasteiger partial charge on any atom is 0.0647 e. The summed E-state index contributed by atoms with van der Waals surface area (Å²) in [6.07, 6.45) is 7.72. The van der Waals surface area contributed by atoms with E-state index in [4.69, 9.17) is 5.73 Å². The van der Waals surface area contributed by atoms with E-state index in [1.54, 1.807) is 0 Å². The maximum atomic E-state index is 6.18. The van der Waals surface area contributed by atoms with E-state index in [-0.39, 0.29) is 5.54 Å². The highest BCUT2D eigenvalue weighted by Gasteiger charge is 2.39. The van der Waals surface area contributed by atoms with Crippen molar-refractivity contribution in [2.75, 3.05) is 13.1 Å². The molecule has 1 saturated carbocycles. The summed E-state index contributed by atoms with van der Waals surface area (Å²) in [5.74, 6) is 0. The van der Waals surface area contributed by atoms with E-state index in [2.05, 4.69) is 21.2 Å². The molecule has 1 unspecified atom stereocenters. The van der Waals surface area contributed by atoms with Gasteiger partial charge < -0.3 is 11.1 Å². The molecule has 0 aromatic carbocycles. The average molecular weight is 220 g/mol. The molecule has 0 spiro atoms. The summed E-state index contributed by atoms with van der Waals surface area (Å²) in [4.78, 5) is 0. The van der Waals surface area contributed by atoms with Crippen LogP contribution < -0.4 is 11.1 Å². The fourth-order valence-electron chi connectivity index (χ4n) is 2.55. The normalized spacial score (nSPS) is 27.9. The second kappa shape index (κ2) is 3.86. The van der Waals surface area contributed by atoms with Crippen molar-refractivity contribution in [2.45, 2.75) is 43.7 Å². The molecule has 3 N–H and O–H groups in total. The molecule has 0 radical (unpaired) electrons. The molecule has 2 fully saturated rings. The minimum atomic E-state index is 0.0832. The van der Waals surface area contributed by atoms with Gasteiger partial charge >= 0.3 is 0 Å². The van der Waals surface area contributed by atoms with Gasteiger partial charge in [-0.2, -0.15) is 5.10 Å². The second-order valence-electron chi connectivity index (χ2n) is 5.31. The fourth-order valence-corrected chi connectivity index (χ4v) is 2.55. The molecule has 0 bridgehead atoms. The Morgan fingerprint density at radius 1 is 1.56 bits per heavy atom. The van der Waals surface area contributed by atoms with Crippen molar-refractivity contribution in [2.24, 2.45) is 5.73 Å². The molecular formula is C12H20N4. The monoisotopic (exact) mass is 220 g/mol. The van der Waals surface area contributed by atoms with Crippen LogP contribution in [0.2, 0.25) is 0 Å². The second-order valence-corrected chi connectivity index (χ2v) is 5.31. The lowest BCUT2D eigenvalue weighted by atomic mass is 10.1. The third-order valence-corrected chi connectivity index (χ3v) is 3.79. The smallest absolute Gasteiger partial charge is 0.0647 e. The Kier molecular flexibility index (Phi) is 2.48. The summed E-state index contributed by atoms with van der Waals surface area (Å²) in [5, 5.41) is 7.91. The number of piperidine rings is 1. The molecule has 1 aromatic heterocycles. The lowest BCUT2D eigenvalue weighted by Gasteiger charge is -2.25. The van der Waals surface area contributed by atoms with Crippen molar-refractivity contribution >= 4 is 0 Å². The number of aromatic nitrogens is 2. The minimum Gasteiger partial charge on any atom is -0.325 e. The summed E-state index contributed by atoms with van der Waals surface area (Å²) in [7, 11) is 0. The molecule has 3 rings (SSSR count). The summed E-state index contributed by atoms with van der Waals surface area (Å²) >= 11 is 0. The molecule has 1 aliphatic heterocycles. The van der Waals surface area contributed by atoms with Crippen LogP contribution in [-0.2, 0) is 6.42 Å². The zero-order chi connectivity index (χ0) is 11.0. The molecular weight excluding hydrogens is 200 g/mol. The highest BCUT2D eigenvalue weighted by molar-refractivity contribution is 5.13. The first kappa shape index (κ1) is 10.3. The topological polar surface area (TPSA) is 55.9 Å². The van der Waals surface area contributed by atoms with Crippen LogP contribution in [0.25, 0.3) is 0 Å². The molecule has 88 valence electrons. The summed E-state index contributed by atoms with van der Waals surface area (Å²) in [5.41, 5.74) is 7.58. The quantitative estimate of drug-likeness (QED) is 0.793. The molecule has 1 atom stereocenters. The largest absolute Gasteiger partial charge is 0.325 e. The van der Waals surface area contributed by atoms with Crippen LogP contribution >= 0.6 is 0 Å². The molecule has 2 aliphatic rings. The van der Waals surface area contributed by atoms with E-state index in [9.17, 15) is 0 Å². The van der Waals surface area contributed by atoms with Crippen LogP contribution in [0.3, 0.4) is 0 Å². The van der Waals surface area contributed by atoms with E-state index in [0.717, 1.165) is 19.5 Å². The van der Waals surface area contributed by atoms with Gasteiger partial charge in [0.1, 0.15) is 0 Å². The number of hydrogen-bond acceptors (Lipinski definition) is 3. The van der Waals surface area contributed by atoms with Crippen molar-refractivity contribution in [1.29, 1.82) is 0 Å². The van der Waals surface area contributed by atoms with Crippen molar-refractivity contribution in [3.05, 3.63) is 18.0 Å². The Bertz CT molecular complexity index is 361. The zero-order valence-electron chi connectivity index (χ0n) is 9.65. The predicted molar refractivity (Wildman–Crippen MR) is 63.2 cm³/mol. The molecule has 2 heterocycles. The minimum absolute atomic E-state index is 0.0832. The van der Waals surface area contributed by atoms with Crippen molar-refractivity contribution in [1.82, 2.24) is 15.1 Å². The number of hydrogen-bond donors (Lipinski definition) is 2.